The Kier molecular flexibility index (Phi) is 5.61. The summed E-state index contributed by atoms with van der Waals surface area (Å²) >= 11 is 0. The lowest BCUT2D eigenvalue weighted by Crippen LogP contribution is -2.42. The number of carboxylic acid groups (broad SMARTS) is 1. The average molecular weight is 256 g/mol. The quantitative estimate of drug-likeness (QED) is 0.689. The molecule has 0 aromatic rings. The molecule has 0 radical (unpaired) electrons. The lowest BCUT2D eigenvalue weighted by atomic mass is 9.96. The van der Waals surface area contributed by atoms with E-state index in [2.05, 4.69) is 5.32 Å². The monoisotopic (exact) mass is 256 g/mol. The van der Waals surface area contributed by atoms with Gasteiger partial charge in [0.05, 0.1) is 0 Å². The number of amides is 2. The molecule has 0 unspecified atom stereocenters. The highest BCUT2D eigenvalue weighted by molar-refractivity contribution is 5.79. The van der Waals surface area contributed by atoms with Gasteiger partial charge in [0.25, 0.3) is 0 Å². The molecule has 1 aliphatic heterocycles. The Balaban J connectivity index is 2.20. The molecule has 1 aliphatic rings. The molecule has 0 aromatic heterocycles. The van der Waals surface area contributed by atoms with Crippen molar-refractivity contribution in [3.63, 3.8) is 0 Å². The van der Waals surface area contributed by atoms with Gasteiger partial charge in [0, 0.05) is 38.9 Å². The van der Waals surface area contributed by atoms with Crippen LogP contribution in [0.2, 0.25) is 0 Å². The Labute approximate surface area is 106 Å². The molecule has 0 atom stereocenters. The zero-order valence-corrected chi connectivity index (χ0v) is 10.6. The third kappa shape index (κ3) is 4.73. The van der Waals surface area contributed by atoms with Crippen LogP contribution in [0, 0.1) is 5.92 Å². The largest absolute Gasteiger partial charge is 0.481 e. The highest BCUT2D eigenvalue weighted by atomic mass is 16.4. The molecular formula is C12H20N2O4. The number of hydrogen-bond donors (Lipinski definition) is 2. The van der Waals surface area contributed by atoms with Crippen LogP contribution in [-0.4, -0.2) is 47.4 Å². The van der Waals surface area contributed by atoms with Crippen LogP contribution < -0.4 is 5.32 Å². The van der Waals surface area contributed by atoms with Crippen LogP contribution in [0.25, 0.3) is 0 Å². The number of aliphatic carboxylic acids is 1. The van der Waals surface area contributed by atoms with E-state index < -0.39 is 5.97 Å². The standard InChI is InChI=1S/C12H20N2O4/c1-9(15)14-7-4-10(5-8-14)12(18)13-6-2-3-11(16)17/h10H,2-8H2,1H3,(H,13,18)(H,16,17). The van der Waals surface area contributed by atoms with E-state index in [1.165, 1.54) is 6.92 Å². The number of piperidine rings is 1. The molecule has 2 N–H and O–H groups in total. The zero-order chi connectivity index (χ0) is 13.5. The van der Waals surface area contributed by atoms with Gasteiger partial charge in [-0.1, -0.05) is 0 Å². The van der Waals surface area contributed by atoms with E-state index in [4.69, 9.17) is 5.11 Å². The maximum atomic E-state index is 11.8. The van der Waals surface area contributed by atoms with Crippen LogP contribution in [-0.2, 0) is 14.4 Å². The van der Waals surface area contributed by atoms with Gasteiger partial charge in [-0.25, -0.2) is 0 Å². The Bertz CT molecular complexity index is 322. The van der Waals surface area contributed by atoms with Gasteiger partial charge >= 0.3 is 5.97 Å². The van der Waals surface area contributed by atoms with Crippen molar-refractivity contribution in [3.05, 3.63) is 0 Å². The highest BCUT2D eigenvalue weighted by Gasteiger charge is 2.25. The minimum atomic E-state index is -0.848. The van der Waals surface area contributed by atoms with Gasteiger partial charge in [0.1, 0.15) is 0 Å². The van der Waals surface area contributed by atoms with E-state index in [1.54, 1.807) is 4.90 Å². The Morgan fingerprint density at radius 2 is 1.89 bits per heavy atom. The van der Waals surface area contributed by atoms with Crippen molar-refractivity contribution in [2.24, 2.45) is 5.92 Å². The minimum Gasteiger partial charge on any atom is -0.481 e. The normalized spacial score (nSPS) is 16.4. The minimum absolute atomic E-state index is 0.0245. The molecule has 1 fully saturated rings. The molecule has 0 aliphatic carbocycles. The number of nitrogens with one attached hydrogen (secondary N) is 1. The van der Waals surface area contributed by atoms with Crippen LogP contribution in [0.15, 0.2) is 0 Å². The third-order valence-corrected chi connectivity index (χ3v) is 3.18. The first kappa shape index (κ1) is 14.5. The highest BCUT2D eigenvalue weighted by Crippen LogP contribution is 2.17. The molecule has 0 aromatic carbocycles. The smallest absolute Gasteiger partial charge is 0.303 e. The van der Waals surface area contributed by atoms with Crippen molar-refractivity contribution in [2.45, 2.75) is 32.6 Å². The number of carboxylic acids is 1. The lowest BCUT2D eigenvalue weighted by molar-refractivity contribution is -0.137. The molecule has 102 valence electrons. The first-order valence-electron chi connectivity index (χ1n) is 6.25. The summed E-state index contributed by atoms with van der Waals surface area (Å²) in [7, 11) is 0. The second kappa shape index (κ2) is 6.98. The predicted octanol–water partition coefficient (Wildman–Crippen LogP) is 0.226. The molecule has 18 heavy (non-hydrogen) atoms. The topological polar surface area (TPSA) is 86.7 Å². The maximum Gasteiger partial charge on any atom is 0.303 e. The van der Waals surface area contributed by atoms with E-state index in [-0.39, 0.29) is 24.2 Å². The first-order valence-corrected chi connectivity index (χ1v) is 6.25. The number of carbonyl (C=O) groups is 3. The van der Waals surface area contributed by atoms with Gasteiger partial charge in [-0.3, -0.25) is 14.4 Å². The lowest BCUT2D eigenvalue weighted by Gasteiger charge is -2.30. The molecule has 1 saturated heterocycles. The summed E-state index contributed by atoms with van der Waals surface area (Å²) < 4.78 is 0. The summed E-state index contributed by atoms with van der Waals surface area (Å²) in [5.41, 5.74) is 0. The fourth-order valence-electron chi connectivity index (χ4n) is 2.05. The summed E-state index contributed by atoms with van der Waals surface area (Å²) in [6.45, 7) is 3.19. The van der Waals surface area contributed by atoms with Crippen LogP contribution in [0.1, 0.15) is 32.6 Å². The van der Waals surface area contributed by atoms with Crippen LogP contribution >= 0.6 is 0 Å². The van der Waals surface area contributed by atoms with E-state index in [0.29, 0.717) is 38.9 Å². The third-order valence-electron chi connectivity index (χ3n) is 3.18. The fraction of sp³-hybridized carbons (Fsp3) is 0.750. The van der Waals surface area contributed by atoms with Crippen molar-refractivity contribution < 1.29 is 19.5 Å². The average Bonchev–Trinajstić information content (AvgIpc) is 2.34. The van der Waals surface area contributed by atoms with Gasteiger partial charge in [-0.05, 0) is 19.3 Å². The number of likely N-dealkylation sites (tertiary alicyclic amines) is 1. The first-order chi connectivity index (χ1) is 8.50. The molecule has 2 amide bonds. The second-order valence-electron chi connectivity index (χ2n) is 4.57. The molecule has 6 nitrogen and oxygen atoms in total. The van der Waals surface area contributed by atoms with E-state index in [1.807, 2.05) is 0 Å². The van der Waals surface area contributed by atoms with Gasteiger partial charge in [0.2, 0.25) is 11.8 Å². The number of hydrogen-bond acceptors (Lipinski definition) is 3. The summed E-state index contributed by atoms with van der Waals surface area (Å²) in [4.78, 5) is 34.9. The maximum absolute atomic E-state index is 11.8. The zero-order valence-electron chi connectivity index (χ0n) is 10.6. The second-order valence-corrected chi connectivity index (χ2v) is 4.57. The van der Waals surface area contributed by atoms with Crippen molar-refractivity contribution in [2.75, 3.05) is 19.6 Å². The van der Waals surface area contributed by atoms with Crippen molar-refractivity contribution in [1.29, 1.82) is 0 Å². The van der Waals surface area contributed by atoms with Gasteiger partial charge < -0.3 is 15.3 Å². The molecule has 6 heteroatoms. The molecule has 0 spiro atoms. The van der Waals surface area contributed by atoms with Crippen molar-refractivity contribution in [3.8, 4) is 0 Å². The summed E-state index contributed by atoms with van der Waals surface area (Å²) in [6.07, 6.45) is 1.89. The van der Waals surface area contributed by atoms with Crippen molar-refractivity contribution in [1.82, 2.24) is 10.2 Å². The number of rotatable bonds is 5. The number of carbonyl (C=O) groups excluding carboxylic acids is 2. The van der Waals surface area contributed by atoms with Gasteiger partial charge in [-0.15, -0.1) is 0 Å². The molecule has 1 rings (SSSR count). The molecule has 0 bridgehead atoms. The number of nitrogens with zero attached hydrogens (tertiary/aromatic N) is 1. The predicted molar refractivity (Wildman–Crippen MR) is 64.9 cm³/mol. The summed E-state index contributed by atoms with van der Waals surface area (Å²) in [5, 5.41) is 11.2. The molecule has 0 saturated carbocycles. The fourth-order valence-corrected chi connectivity index (χ4v) is 2.05. The van der Waals surface area contributed by atoms with E-state index in [9.17, 15) is 14.4 Å². The summed E-state index contributed by atoms with van der Waals surface area (Å²) in [6, 6.07) is 0. The summed E-state index contributed by atoms with van der Waals surface area (Å²) in [5.74, 6) is -0.872. The SMILES string of the molecule is CC(=O)N1CCC(C(=O)NCCCC(=O)O)CC1. The molecular weight excluding hydrogens is 236 g/mol. The van der Waals surface area contributed by atoms with E-state index >= 15 is 0 Å². The van der Waals surface area contributed by atoms with Crippen LogP contribution in [0.3, 0.4) is 0 Å². The van der Waals surface area contributed by atoms with Crippen molar-refractivity contribution >= 4 is 17.8 Å². The van der Waals surface area contributed by atoms with Crippen LogP contribution in [0.5, 0.6) is 0 Å². The Morgan fingerprint density at radius 3 is 2.39 bits per heavy atom. The Hall–Kier alpha value is -1.59. The molecule has 1 heterocycles. The van der Waals surface area contributed by atoms with E-state index in [0.717, 1.165) is 0 Å². The van der Waals surface area contributed by atoms with Crippen LogP contribution in [0.4, 0.5) is 0 Å². The Morgan fingerprint density at radius 1 is 1.28 bits per heavy atom. The van der Waals surface area contributed by atoms with Gasteiger partial charge in [-0.2, -0.15) is 0 Å². The van der Waals surface area contributed by atoms with Gasteiger partial charge in [0.15, 0.2) is 0 Å².